The summed E-state index contributed by atoms with van der Waals surface area (Å²) in [6, 6.07) is 7.84. The monoisotopic (exact) mass is 271 g/mol. The highest BCUT2D eigenvalue weighted by Crippen LogP contribution is 2.23. The second kappa shape index (κ2) is 9.22. The van der Waals surface area contributed by atoms with Crippen molar-refractivity contribution in [2.45, 2.75) is 11.0 Å². The van der Waals surface area contributed by atoms with Crippen molar-refractivity contribution in [2.24, 2.45) is 0 Å². The first kappa shape index (κ1) is 15.3. The SMILES string of the molecule is COCCNCC(O)CSc1cccc(OC)c1. The Hall–Kier alpha value is -0.750. The first-order valence-electron chi connectivity index (χ1n) is 5.91. The van der Waals surface area contributed by atoms with Gasteiger partial charge in [-0.1, -0.05) is 6.07 Å². The predicted octanol–water partition coefficient (Wildman–Crippen LogP) is 1.38. The van der Waals surface area contributed by atoms with Gasteiger partial charge in [-0.15, -0.1) is 11.8 Å². The van der Waals surface area contributed by atoms with Crippen LogP contribution in [0.15, 0.2) is 29.2 Å². The van der Waals surface area contributed by atoms with E-state index in [2.05, 4.69) is 5.32 Å². The Morgan fingerprint density at radius 2 is 2.22 bits per heavy atom. The molecule has 0 aromatic heterocycles. The lowest BCUT2D eigenvalue weighted by Crippen LogP contribution is -2.30. The quantitative estimate of drug-likeness (QED) is 0.525. The number of thioether (sulfide) groups is 1. The van der Waals surface area contributed by atoms with Gasteiger partial charge in [0.15, 0.2) is 0 Å². The van der Waals surface area contributed by atoms with Crippen molar-refractivity contribution in [3.8, 4) is 5.75 Å². The smallest absolute Gasteiger partial charge is 0.119 e. The molecule has 0 spiro atoms. The molecule has 1 aromatic rings. The number of hydrogen-bond acceptors (Lipinski definition) is 5. The fourth-order valence-electron chi connectivity index (χ4n) is 1.39. The van der Waals surface area contributed by atoms with Gasteiger partial charge in [-0.3, -0.25) is 0 Å². The van der Waals surface area contributed by atoms with E-state index >= 15 is 0 Å². The van der Waals surface area contributed by atoms with E-state index in [9.17, 15) is 5.11 Å². The van der Waals surface area contributed by atoms with Crippen LogP contribution in [0.5, 0.6) is 5.75 Å². The van der Waals surface area contributed by atoms with E-state index in [1.807, 2.05) is 24.3 Å². The van der Waals surface area contributed by atoms with Crippen LogP contribution in [-0.2, 0) is 4.74 Å². The Morgan fingerprint density at radius 3 is 2.94 bits per heavy atom. The molecule has 0 bridgehead atoms. The van der Waals surface area contributed by atoms with Gasteiger partial charge >= 0.3 is 0 Å². The highest BCUT2D eigenvalue weighted by atomic mass is 32.2. The summed E-state index contributed by atoms with van der Waals surface area (Å²) in [6.07, 6.45) is -0.363. The van der Waals surface area contributed by atoms with Gasteiger partial charge < -0.3 is 19.9 Å². The van der Waals surface area contributed by atoms with E-state index in [0.717, 1.165) is 17.2 Å². The minimum atomic E-state index is -0.363. The summed E-state index contributed by atoms with van der Waals surface area (Å²) in [6.45, 7) is 2.01. The van der Waals surface area contributed by atoms with Gasteiger partial charge in [-0.05, 0) is 18.2 Å². The fraction of sp³-hybridized carbons (Fsp3) is 0.538. The molecule has 1 atom stereocenters. The van der Waals surface area contributed by atoms with Gasteiger partial charge in [0, 0.05) is 30.8 Å². The number of ether oxygens (including phenoxy) is 2. The summed E-state index contributed by atoms with van der Waals surface area (Å²) in [7, 11) is 3.31. The molecule has 5 heteroatoms. The van der Waals surface area contributed by atoms with Crippen LogP contribution >= 0.6 is 11.8 Å². The van der Waals surface area contributed by atoms with Crippen LogP contribution in [0.4, 0.5) is 0 Å². The Labute approximate surface area is 113 Å². The number of aliphatic hydroxyl groups excluding tert-OH is 1. The average molecular weight is 271 g/mol. The molecule has 0 amide bonds. The van der Waals surface area contributed by atoms with E-state index in [0.29, 0.717) is 18.9 Å². The van der Waals surface area contributed by atoms with Crippen LogP contribution in [0.3, 0.4) is 0 Å². The van der Waals surface area contributed by atoms with Crippen molar-refractivity contribution in [3.05, 3.63) is 24.3 Å². The lowest BCUT2D eigenvalue weighted by Gasteiger charge is -2.11. The Kier molecular flexibility index (Phi) is 7.84. The maximum Gasteiger partial charge on any atom is 0.119 e. The molecule has 4 nitrogen and oxygen atoms in total. The van der Waals surface area contributed by atoms with Crippen molar-refractivity contribution in [3.63, 3.8) is 0 Å². The molecule has 0 aliphatic rings. The largest absolute Gasteiger partial charge is 0.497 e. The molecule has 0 saturated carbocycles. The molecule has 2 N–H and O–H groups in total. The third kappa shape index (κ3) is 6.26. The van der Waals surface area contributed by atoms with Gasteiger partial charge in [0.2, 0.25) is 0 Å². The normalized spacial score (nSPS) is 12.4. The maximum absolute atomic E-state index is 9.78. The number of aliphatic hydroxyl groups is 1. The van der Waals surface area contributed by atoms with Crippen LogP contribution < -0.4 is 10.1 Å². The van der Waals surface area contributed by atoms with Gasteiger partial charge in [0.1, 0.15) is 5.75 Å². The van der Waals surface area contributed by atoms with Crippen molar-refractivity contribution in [2.75, 3.05) is 39.7 Å². The van der Waals surface area contributed by atoms with E-state index in [1.165, 1.54) is 0 Å². The molecule has 1 aromatic carbocycles. The second-order valence-corrected chi connectivity index (χ2v) is 4.93. The topological polar surface area (TPSA) is 50.7 Å². The van der Waals surface area contributed by atoms with Crippen LogP contribution in [0.25, 0.3) is 0 Å². The zero-order chi connectivity index (χ0) is 13.2. The molecule has 0 radical (unpaired) electrons. The Balaban J connectivity index is 2.22. The highest BCUT2D eigenvalue weighted by Gasteiger charge is 2.05. The second-order valence-electron chi connectivity index (χ2n) is 3.84. The maximum atomic E-state index is 9.78. The van der Waals surface area contributed by atoms with Gasteiger partial charge in [-0.25, -0.2) is 0 Å². The van der Waals surface area contributed by atoms with Crippen molar-refractivity contribution >= 4 is 11.8 Å². The van der Waals surface area contributed by atoms with Crippen molar-refractivity contribution in [1.29, 1.82) is 0 Å². The summed E-state index contributed by atoms with van der Waals surface area (Å²) in [5.41, 5.74) is 0. The summed E-state index contributed by atoms with van der Waals surface area (Å²) in [4.78, 5) is 1.10. The zero-order valence-electron chi connectivity index (χ0n) is 10.9. The zero-order valence-corrected chi connectivity index (χ0v) is 11.7. The number of methoxy groups -OCH3 is 2. The van der Waals surface area contributed by atoms with E-state index in [1.54, 1.807) is 26.0 Å². The third-order valence-corrected chi connectivity index (χ3v) is 3.49. The molecule has 0 heterocycles. The molecule has 0 aliphatic carbocycles. The summed E-state index contributed by atoms with van der Waals surface area (Å²) in [5, 5.41) is 12.9. The summed E-state index contributed by atoms with van der Waals surface area (Å²) < 4.78 is 10.1. The molecular weight excluding hydrogens is 250 g/mol. The van der Waals surface area contributed by atoms with E-state index in [4.69, 9.17) is 9.47 Å². The standard InChI is InChI=1S/C13H21NO3S/c1-16-7-6-14-9-11(15)10-18-13-5-3-4-12(8-13)17-2/h3-5,8,11,14-15H,6-7,9-10H2,1-2H3. The van der Waals surface area contributed by atoms with E-state index < -0.39 is 0 Å². The first-order chi connectivity index (χ1) is 8.76. The molecular formula is C13H21NO3S. The van der Waals surface area contributed by atoms with Crippen molar-refractivity contribution in [1.82, 2.24) is 5.32 Å². The highest BCUT2D eigenvalue weighted by molar-refractivity contribution is 7.99. The van der Waals surface area contributed by atoms with Gasteiger partial charge in [0.25, 0.3) is 0 Å². The third-order valence-electron chi connectivity index (χ3n) is 2.35. The van der Waals surface area contributed by atoms with Crippen LogP contribution in [0.1, 0.15) is 0 Å². The predicted molar refractivity (Wildman–Crippen MR) is 74.5 cm³/mol. The minimum Gasteiger partial charge on any atom is -0.497 e. The molecule has 102 valence electrons. The van der Waals surface area contributed by atoms with Crippen LogP contribution in [0, 0.1) is 0 Å². The van der Waals surface area contributed by atoms with Crippen LogP contribution in [0.2, 0.25) is 0 Å². The van der Waals surface area contributed by atoms with E-state index in [-0.39, 0.29) is 6.10 Å². The minimum absolute atomic E-state index is 0.363. The summed E-state index contributed by atoms with van der Waals surface area (Å²) in [5.74, 6) is 1.50. The molecule has 18 heavy (non-hydrogen) atoms. The fourth-order valence-corrected chi connectivity index (χ4v) is 2.26. The number of nitrogens with one attached hydrogen (secondary N) is 1. The lowest BCUT2D eigenvalue weighted by molar-refractivity contribution is 0.175. The first-order valence-corrected chi connectivity index (χ1v) is 6.89. The lowest BCUT2D eigenvalue weighted by atomic mass is 10.3. The average Bonchev–Trinajstić information content (AvgIpc) is 2.41. The summed E-state index contributed by atoms with van der Waals surface area (Å²) >= 11 is 1.62. The Bertz CT molecular complexity index is 336. The van der Waals surface area contributed by atoms with Gasteiger partial charge in [0.05, 0.1) is 19.8 Å². The van der Waals surface area contributed by atoms with Crippen LogP contribution in [-0.4, -0.2) is 50.9 Å². The molecule has 1 rings (SSSR count). The molecule has 0 aliphatic heterocycles. The number of benzene rings is 1. The molecule has 1 unspecified atom stereocenters. The number of hydrogen-bond donors (Lipinski definition) is 2. The van der Waals surface area contributed by atoms with Gasteiger partial charge in [-0.2, -0.15) is 0 Å². The number of rotatable bonds is 9. The Morgan fingerprint density at radius 1 is 1.39 bits per heavy atom. The molecule has 0 saturated heterocycles. The molecule has 0 fully saturated rings. The van der Waals surface area contributed by atoms with Crippen molar-refractivity contribution < 1.29 is 14.6 Å².